The molecule has 0 saturated heterocycles. The number of rotatable bonds is 2. The van der Waals surface area contributed by atoms with E-state index >= 15 is 0 Å². The Bertz CT molecular complexity index is 647. The van der Waals surface area contributed by atoms with Crippen LogP contribution in [0.15, 0.2) is 40.9 Å². The van der Waals surface area contributed by atoms with E-state index in [1.807, 2.05) is 0 Å². The van der Waals surface area contributed by atoms with Gasteiger partial charge in [-0.3, -0.25) is 4.79 Å². The topological polar surface area (TPSA) is 55.1 Å². The molecule has 0 aliphatic carbocycles. The minimum atomic E-state index is -0.360. The lowest BCUT2D eigenvalue weighted by Crippen LogP contribution is -2.13. The van der Waals surface area contributed by atoms with Gasteiger partial charge >= 0.3 is 0 Å². The highest BCUT2D eigenvalue weighted by Gasteiger charge is 2.12. The summed E-state index contributed by atoms with van der Waals surface area (Å²) in [4.78, 5) is 12.1. The van der Waals surface area contributed by atoms with E-state index in [9.17, 15) is 4.79 Å². The summed E-state index contributed by atoms with van der Waals surface area (Å²) in [7, 11) is 0. The van der Waals surface area contributed by atoms with E-state index in [0.717, 1.165) is 4.47 Å². The van der Waals surface area contributed by atoms with Gasteiger partial charge in [-0.2, -0.15) is 0 Å². The number of anilines is 2. The van der Waals surface area contributed by atoms with Gasteiger partial charge in [0.1, 0.15) is 0 Å². The second-order valence-corrected chi connectivity index (χ2v) is 5.55. The zero-order valence-corrected chi connectivity index (χ0v) is 12.7. The van der Waals surface area contributed by atoms with Crippen LogP contribution in [0.2, 0.25) is 10.0 Å². The summed E-state index contributed by atoms with van der Waals surface area (Å²) in [6, 6.07) is 9.90. The van der Waals surface area contributed by atoms with Crippen molar-refractivity contribution in [2.45, 2.75) is 0 Å². The van der Waals surface area contributed by atoms with Crippen LogP contribution in [0.3, 0.4) is 0 Å². The maximum Gasteiger partial charge on any atom is 0.257 e. The first-order valence-electron chi connectivity index (χ1n) is 5.29. The van der Waals surface area contributed by atoms with Gasteiger partial charge in [-0.05, 0) is 36.4 Å². The van der Waals surface area contributed by atoms with Gasteiger partial charge in [0.25, 0.3) is 5.91 Å². The number of halogens is 3. The molecule has 0 heterocycles. The molecule has 0 radical (unpaired) electrons. The third-order valence-corrected chi connectivity index (χ3v) is 3.55. The molecule has 6 heteroatoms. The number of hydrogen-bond acceptors (Lipinski definition) is 2. The highest BCUT2D eigenvalue weighted by Crippen LogP contribution is 2.27. The molecule has 0 aromatic heterocycles. The summed E-state index contributed by atoms with van der Waals surface area (Å²) in [5.74, 6) is -0.360. The predicted octanol–water partition coefficient (Wildman–Crippen LogP) is 4.59. The number of carbonyl (C=O) groups excluding carboxylic acids is 1. The van der Waals surface area contributed by atoms with E-state index in [-0.39, 0.29) is 5.91 Å². The molecule has 3 N–H and O–H groups in total. The second kappa shape index (κ2) is 5.82. The van der Waals surface area contributed by atoms with E-state index in [1.165, 1.54) is 6.07 Å². The van der Waals surface area contributed by atoms with Crippen molar-refractivity contribution >= 4 is 56.4 Å². The summed E-state index contributed by atoms with van der Waals surface area (Å²) >= 11 is 15.3. The highest BCUT2D eigenvalue weighted by molar-refractivity contribution is 9.10. The first-order valence-corrected chi connectivity index (χ1v) is 6.83. The number of nitrogen functional groups attached to an aromatic ring is 1. The Labute approximate surface area is 128 Å². The fraction of sp³-hybridized carbons (Fsp3) is 0. The van der Waals surface area contributed by atoms with Crippen LogP contribution in [0.4, 0.5) is 11.4 Å². The van der Waals surface area contributed by atoms with Crippen molar-refractivity contribution in [1.82, 2.24) is 0 Å². The van der Waals surface area contributed by atoms with Crippen LogP contribution in [-0.4, -0.2) is 5.91 Å². The molecule has 0 saturated carbocycles. The van der Waals surface area contributed by atoms with Crippen molar-refractivity contribution in [2.75, 3.05) is 11.1 Å². The first-order chi connectivity index (χ1) is 8.97. The van der Waals surface area contributed by atoms with Gasteiger partial charge in [0.15, 0.2) is 0 Å². The van der Waals surface area contributed by atoms with Crippen molar-refractivity contribution in [3.8, 4) is 0 Å². The van der Waals surface area contributed by atoms with Crippen LogP contribution in [0.25, 0.3) is 0 Å². The lowest BCUT2D eigenvalue weighted by atomic mass is 10.2. The van der Waals surface area contributed by atoms with Crippen molar-refractivity contribution < 1.29 is 4.79 Å². The molecule has 1 amide bonds. The summed E-state index contributed by atoms with van der Waals surface area (Å²) < 4.78 is 0.831. The molecule has 2 aromatic carbocycles. The van der Waals surface area contributed by atoms with Gasteiger partial charge < -0.3 is 11.1 Å². The smallest absolute Gasteiger partial charge is 0.257 e. The molecule has 0 fully saturated rings. The largest absolute Gasteiger partial charge is 0.399 e. The standard InChI is InChI=1S/C13H9BrCl2N2O/c14-7-1-4-12(11(16)5-7)18-13(19)9-6-8(17)2-3-10(9)15/h1-6H,17H2,(H,18,19). The Morgan fingerprint density at radius 2 is 1.84 bits per heavy atom. The zero-order valence-electron chi connectivity index (χ0n) is 9.58. The number of benzene rings is 2. The van der Waals surface area contributed by atoms with Gasteiger partial charge in [0, 0.05) is 10.2 Å². The Balaban J connectivity index is 2.28. The lowest BCUT2D eigenvalue weighted by molar-refractivity contribution is 0.102. The van der Waals surface area contributed by atoms with Crippen LogP contribution in [-0.2, 0) is 0 Å². The number of nitrogens with one attached hydrogen (secondary N) is 1. The minimum Gasteiger partial charge on any atom is -0.399 e. The van der Waals surface area contributed by atoms with E-state index < -0.39 is 0 Å². The Morgan fingerprint density at radius 1 is 1.11 bits per heavy atom. The monoisotopic (exact) mass is 358 g/mol. The van der Waals surface area contributed by atoms with E-state index in [4.69, 9.17) is 28.9 Å². The Kier molecular flexibility index (Phi) is 4.34. The molecule has 0 aliphatic rings. The third-order valence-electron chi connectivity index (χ3n) is 2.41. The van der Waals surface area contributed by atoms with E-state index in [0.29, 0.717) is 27.0 Å². The summed E-state index contributed by atoms with van der Waals surface area (Å²) in [5.41, 5.74) is 6.92. The summed E-state index contributed by atoms with van der Waals surface area (Å²) in [6.07, 6.45) is 0. The molecule has 0 spiro atoms. The maximum absolute atomic E-state index is 12.1. The van der Waals surface area contributed by atoms with Crippen molar-refractivity contribution in [3.05, 3.63) is 56.5 Å². The molecule has 19 heavy (non-hydrogen) atoms. The quantitative estimate of drug-likeness (QED) is 0.770. The van der Waals surface area contributed by atoms with Gasteiger partial charge in [-0.15, -0.1) is 0 Å². The summed E-state index contributed by atoms with van der Waals surface area (Å²) in [6.45, 7) is 0. The summed E-state index contributed by atoms with van der Waals surface area (Å²) in [5, 5.41) is 3.46. The average molecular weight is 360 g/mol. The molecule has 3 nitrogen and oxygen atoms in total. The van der Waals surface area contributed by atoms with Crippen LogP contribution >= 0.6 is 39.1 Å². The third kappa shape index (κ3) is 3.41. The molecule has 0 bridgehead atoms. The maximum atomic E-state index is 12.1. The fourth-order valence-electron chi connectivity index (χ4n) is 1.50. The number of carbonyl (C=O) groups is 1. The second-order valence-electron chi connectivity index (χ2n) is 3.82. The van der Waals surface area contributed by atoms with Crippen LogP contribution in [0.1, 0.15) is 10.4 Å². The van der Waals surface area contributed by atoms with Crippen molar-refractivity contribution in [3.63, 3.8) is 0 Å². The molecule has 98 valence electrons. The minimum absolute atomic E-state index is 0.306. The fourth-order valence-corrected chi connectivity index (χ4v) is 2.42. The molecule has 0 aliphatic heterocycles. The van der Waals surface area contributed by atoms with Crippen LogP contribution in [0.5, 0.6) is 0 Å². The first kappa shape index (κ1) is 14.2. The normalized spacial score (nSPS) is 10.3. The Morgan fingerprint density at radius 3 is 2.53 bits per heavy atom. The lowest BCUT2D eigenvalue weighted by Gasteiger charge is -2.09. The van der Waals surface area contributed by atoms with E-state index in [2.05, 4.69) is 21.2 Å². The number of hydrogen-bond donors (Lipinski definition) is 2. The molecule has 2 rings (SSSR count). The van der Waals surface area contributed by atoms with Gasteiger partial charge in [-0.25, -0.2) is 0 Å². The number of amides is 1. The van der Waals surface area contributed by atoms with Gasteiger partial charge in [-0.1, -0.05) is 39.1 Å². The van der Waals surface area contributed by atoms with Gasteiger partial charge in [0.05, 0.1) is 21.3 Å². The molecule has 0 unspecified atom stereocenters. The predicted molar refractivity (Wildman–Crippen MR) is 83.0 cm³/mol. The van der Waals surface area contributed by atoms with Gasteiger partial charge in [0.2, 0.25) is 0 Å². The van der Waals surface area contributed by atoms with E-state index in [1.54, 1.807) is 30.3 Å². The molecular weight excluding hydrogens is 351 g/mol. The van der Waals surface area contributed by atoms with Crippen LogP contribution < -0.4 is 11.1 Å². The molecule has 2 aromatic rings. The molecule has 0 atom stereocenters. The Hall–Kier alpha value is -1.23. The molecular formula is C13H9BrCl2N2O. The number of nitrogens with two attached hydrogens (primary N) is 1. The van der Waals surface area contributed by atoms with Crippen LogP contribution in [0, 0.1) is 0 Å². The average Bonchev–Trinajstić information content (AvgIpc) is 2.35. The SMILES string of the molecule is Nc1ccc(Cl)c(C(=O)Nc2ccc(Br)cc2Cl)c1. The van der Waals surface area contributed by atoms with Crippen molar-refractivity contribution in [2.24, 2.45) is 0 Å². The highest BCUT2D eigenvalue weighted by atomic mass is 79.9. The van der Waals surface area contributed by atoms with Crippen molar-refractivity contribution in [1.29, 1.82) is 0 Å². The zero-order chi connectivity index (χ0) is 14.0.